The molecule has 0 saturated heterocycles. The molecule has 120 valence electrons. The van der Waals surface area contributed by atoms with E-state index in [1.807, 2.05) is 54.6 Å². The van der Waals surface area contributed by atoms with E-state index in [4.69, 9.17) is 12.6 Å². The Morgan fingerprint density at radius 1 is 1.04 bits per heavy atom. The number of hydrogen-bond acceptors (Lipinski definition) is 4. The number of nitrogens with zero attached hydrogens (tertiary/aromatic N) is 4. The largest absolute Gasteiger partial charge is 0.341 e. The number of rotatable bonds is 4. The van der Waals surface area contributed by atoms with Crippen LogP contribution in [0.2, 0.25) is 0 Å². The minimum Gasteiger partial charge on any atom is -0.341 e. The van der Waals surface area contributed by atoms with Gasteiger partial charge in [-0.1, -0.05) is 42.5 Å². The molecule has 1 atom stereocenters. The zero-order valence-electron chi connectivity index (χ0n) is 13.2. The third kappa shape index (κ3) is 2.49. The topological polar surface area (TPSA) is 59.4 Å². The van der Waals surface area contributed by atoms with Crippen molar-refractivity contribution in [3.63, 3.8) is 0 Å². The van der Waals surface area contributed by atoms with Gasteiger partial charge in [0.1, 0.15) is 11.1 Å². The van der Waals surface area contributed by atoms with Crippen molar-refractivity contribution in [1.29, 1.82) is 0 Å². The van der Waals surface area contributed by atoms with Crippen molar-refractivity contribution in [2.45, 2.75) is 18.7 Å². The van der Waals surface area contributed by atoms with Gasteiger partial charge in [-0.25, -0.2) is 4.98 Å². The van der Waals surface area contributed by atoms with Gasteiger partial charge in [-0.2, -0.15) is 12.6 Å². The van der Waals surface area contributed by atoms with Crippen LogP contribution in [-0.2, 0) is 6.54 Å². The van der Waals surface area contributed by atoms with Crippen LogP contribution in [0.1, 0.15) is 23.8 Å². The number of benzene rings is 2. The molecule has 0 aliphatic carbocycles. The summed E-state index contributed by atoms with van der Waals surface area (Å²) in [6.45, 7) is 2.85. The van der Waals surface area contributed by atoms with Crippen LogP contribution in [0.3, 0.4) is 0 Å². The average Bonchev–Trinajstić information content (AvgIpc) is 3.25. The van der Waals surface area contributed by atoms with E-state index < -0.39 is 0 Å². The fourth-order valence-electron chi connectivity index (χ4n) is 2.85. The molecule has 0 aliphatic heterocycles. The molecular formula is C18H17N5S. The summed E-state index contributed by atoms with van der Waals surface area (Å²) in [4.78, 5) is 7.96. The second-order valence-corrected chi connectivity index (χ2v) is 6.05. The first kappa shape index (κ1) is 15.0. The Labute approximate surface area is 145 Å². The highest BCUT2D eigenvalue weighted by Crippen LogP contribution is 2.29. The van der Waals surface area contributed by atoms with Crippen LogP contribution in [0.25, 0.3) is 22.4 Å². The molecule has 0 bridgehead atoms. The Hall–Kier alpha value is -2.60. The quantitative estimate of drug-likeness (QED) is 0.557. The number of aromatic nitrogens is 5. The Morgan fingerprint density at radius 2 is 1.79 bits per heavy atom. The Morgan fingerprint density at radius 3 is 2.54 bits per heavy atom. The van der Waals surface area contributed by atoms with Gasteiger partial charge in [0.05, 0.1) is 11.0 Å². The smallest absolute Gasteiger partial charge is 0.163 e. The van der Waals surface area contributed by atoms with Crippen LogP contribution >= 0.6 is 12.6 Å². The average molecular weight is 335 g/mol. The maximum atomic E-state index is 4.75. The van der Waals surface area contributed by atoms with Crippen molar-refractivity contribution in [1.82, 2.24) is 24.7 Å². The molecule has 5 nitrogen and oxygen atoms in total. The van der Waals surface area contributed by atoms with E-state index in [9.17, 15) is 0 Å². The first-order valence-corrected chi connectivity index (χ1v) is 8.40. The Balaban J connectivity index is 1.77. The first-order valence-electron chi connectivity index (χ1n) is 7.89. The summed E-state index contributed by atoms with van der Waals surface area (Å²) < 4.78 is 2.08. The molecule has 24 heavy (non-hydrogen) atoms. The molecule has 2 aromatic carbocycles. The van der Waals surface area contributed by atoms with Gasteiger partial charge < -0.3 is 9.55 Å². The maximum Gasteiger partial charge on any atom is 0.163 e. The zero-order valence-corrected chi connectivity index (χ0v) is 14.1. The lowest BCUT2D eigenvalue weighted by atomic mass is 10.2. The van der Waals surface area contributed by atoms with E-state index in [1.54, 1.807) is 0 Å². The van der Waals surface area contributed by atoms with Crippen LogP contribution in [0.4, 0.5) is 0 Å². The van der Waals surface area contributed by atoms with Crippen molar-refractivity contribution in [2.24, 2.45) is 0 Å². The van der Waals surface area contributed by atoms with E-state index in [1.165, 1.54) is 0 Å². The summed E-state index contributed by atoms with van der Waals surface area (Å²) in [6, 6.07) is 18.0. The fourth-order valence-corrected chi connectivity index (χ4v) is 3.17. The molecule has 1 unspecified atom stereocenters. The van der Waals surface area contributed by atoms with Gasteiger partial charge in [-0.3, -0.25) is 0 Å². The molecule has 0 radical (unpaired) electrons. The molecule has 0 saturated carbocycles. The predicted octanol–water partition coefficient (Wildman–Crippen LogP) is 3.86. The lowest BCUT2D eigenvalue weighted by Gasteiger charge is -2.11. The normalized spacial score (nSPS) is 12.6. The highest BCUT2D eigenvalue weighted by Gasteiger charge is 2.22. The minimum absolute atomic E-state index is 0.262. The van der Waals surface area contributed by atoms with Crippen molar-refractivity contribution in [3.05, 3.63) is 66.2 Å². The first-order chi connectivity index (χ1) is 11.8. The molecule has 0 amide bonds. The van der Waals surface area contributed by atoms with Gasteiger partial charge >= 0.3 is 0 Å². The number of aromatic amines is 1. The van der Waals surface area contributed by atoms with E-state index in [0.29, 0.717) is 0 Å². The van der Waals surface area contributed by atoms with E-state index >= 15 is 0 Å². The van der Waals surface area contributed by atoms with Gasteiger partial charge in [-0.05, 0) is 19.1 Å². The zero-order chi connectivity index (χ0) is 16.5. The molecule has 6 heteroatoms. The highest BCUT2D eigenvalue weighted by atomic mass is 32.1. The highest BCUT2D eigenvalue weighted by molar-refractivity contribution is 7.80. The molecular weight excluding hydrogens is 318 g/mol. The second-order valence-electron chi connectivity index (χ2n) is 5.53. The van der Waals surface area contributed by atoms with Gasteiger partial charge in [0.2, 0.25) is 0 Å². The van der Waals surface area contributed by atoms with Gasteiger partial charge in [0, 0.05) is 12.1 Å². The lowest BCUT2D eigenvalue weighted by Crippen LogP contribution is -2.08. The summed E-state index contributed by atoms with van der Waals surface area (Å²) in [5.41, 5.74) is 2.97. The monoisotopic (exact) mass is 335 g/mol. The number of hydrogen-bond donors (Lipinski definition) is 2. The Bertz CT molecular complexity index is 940. The lowest BCUT2D eigenvalue weighted by molar-refractivity contribution is 0.708. The SMILES string of the molecule is CCn1c(-c2ccccc2)nnc1C(S)c1nc2ccccc2[nH]1. The van der Waals surface area contributed by atoms with Gasteiger partial charge in [0.15, 0.2) is 11.6 Å². The molecule has 2 heterocycles. The molecule has 1 N–H and O–H groups in total. The van der Waals surface area contributed by atoms with E-state index in [2.05, 4.69) is 31.7 Å². The van der Waals surface area contributed by atoms with Crippen LogP contribution in [0.15, 0.2) is 54.6 Å². The number of nitrogens with one attached hydrogen (secondary N) is 1. The molecule has 2 aromatic heterocycles. The van der Waals surface area contributed by atoms with Crippen molar-refractivity contribution >= 4 is 23.7 Å². The molecule has 0 aliphatic rings. The second kappa shape index (κ2) is 6.13. The van der Waals surface area contributed by atoms with Crippen LogP contribution < -0.4 is 0 Å². The third-order valence-corrected chi connectivity index (χ3v) is 4.51. The minimum atomic E-state index is -0.262. The summed E-state index contributed by atoms with van der Waals surface area (Å²) in [6.07, 6.45) is 0. The van der Waals surface area contributed by atoms with Crippen LogP contribution in [-0.4, -0.2) is 24.7 Å². The Kier molecular flexibility index (Phi) is 3.82. The van der Waals surface area contributed by atoms with Gasteiger partial charge in [0.25, 0.3) is 0 Å². The summed E-state index contributed by atoms with van der Waals surface area (Å²) in [7, 11) is 0. The number of fused-ring (bicyclic) bond motifs is 1. The van der Waals surface area contributed by atoms with E-state index in [0.717, 1.165) is 40.6 Å². The van der Waals surface area contributed by atoms with Crippen LogP contribution in [0, 0.1) is 0 Å². The van der Waals surface area contributed by atoms with Gasteiger partial charge in [-0.15, -0.1) is 10.2 Å². The summed E-state index contributed by atoms with van der Waals surface area (Å²) in [5, 5.41) is 8.50. The summed E-state index contributed by atoms with van der Waals surface area (Å²) >= 11 is 4.75. The predicted molar refractivity (Wildman–Crippen MR) is 98.1 cm³/mol. The number of H-pyrrole nitrogens is 1. The molecule has 4 aromatic rings. The fraction of sp³-hybridized carbons (Fsp3) is 0.167. The van der Waals surface area contributed by atoms with E-state index in [-0.39, 0.29) is 5.25 Å². The van der Waals surface area contributed by atoms with Crippen molar-refractivity contribution < 1.29 is 0 Å². The van der Waals surface area contributed by atoms with Crippen molar-refractivity contribution in [2.75, 3.05) is 0 Å². The number of imidazole rings is 1. The molecule has 0 spiro atoms. The van der Waals surface area contributed by atoms with Crippen molar-refractivity contribution in [3.8, 4) is 11.4 Å². The molecule has 0 fully saturated rings. The summed E-state index contributed by atoms with van der Waals surface area (Å²) in [5.74, 6) is 2.42. The third-order valence-electron chi connectivity index (χ3n) is 4.04. The number of thiol groups is 1. The standard InChI is InChI=1S/C18H17N5S/c1-2-23-17(12-8-4-3-5-9-12)21-22-18(23)15(24)16-19-13-10-6-7-11-14(13)20-16/h3-11,15,24H,2H2,1H3,(H,19,20). The number of para-hydroxylation sites is 2. The van der Waals surface area contributed by atoms with Crippen LogP contribution in [0.5, 0.6) is 0 Å². The molecule has 4 rings (SSSR count). The maximum absolute atomic E-state index is 4.75.